The Morgan fingerprint density at radius 1 is 0.426 bits per heavy atom. The lowest BCUT2D eigenvalue weighted by Crippen LogP contribution is -2.39. The number of para-hydroxylation sites is 4. The Hall–Kier alpha value is -7.73. The lowest BCUT2D eigenvalue weighted by molar-refractivity contribution is 0.635. The molecule has 1 unspecified atom stereocenters. The van der Waals surface area contributed by atoms with Gasteiger partial charge in [0.2, 0.25) is 0 Å². The highest BCUT2D eigenvalue weighted by molar-refractivity contribution is 7.26. The highest BCUT2D eigenvalue weighted by Crippen LogP contribution is 2.40. The number of aromatic nitrogens is 2. The number of rotatable bonds is 5. The van der Waals surface area contributed by atoms with Crippen LogP contribution in [0.2, 0.25) is 0 Å². The zero-order chi connectivity index (χ0) is 40.0. The van der Waals surface area contributed by atoms with Crippen molar-refractivity contribution in [3.63, 3.8) is 0 Å². The number of benzene rings is 9. The van der Waals surface area contributed by atoms with E-state index in [1.54, 1.807) is 0 Å². The summed E-state index contributed by atoms with van der Waals surface area (Å²) in [6.07, 6.45) is -0.233. The molecule has 0 aliphatic carbocycles. The molecule has 0 fully saturated rings. The maximum atomic E-state index is 5.26. The van der Waals surface area contributed by atoms with Crippen molar-refractivity contribution in [1.82, 2.24) is 14.5 Å². The van der Waals surface area contributed by atoms with Gasteiger partial charge in [-0.25, -0.2) is 0 Å². The summed E-state index contributed by atoms with van der Waals surface area (Å²) in [7, 11) is 0. The zero-order valence-corrected chi connectivity index (χ0v) is 33.8. The zero-order valence-electron chi connectivity index (χ0n) is 33.0. The highest BCUT2D eigenvalue weighted by Gasteiger charge is 2.21. The molecule has 1 aliphatic rings. The van der Waals surface area contributed by atoms with E-state index >= 15 is 0 Å². The van der Waals surface area contributed by atoms with Crippen LogP contribution < -0.4 is 15.9 Å². The summed E-state index contributed by atoms with van der Waals surface area (Å²) in [6.45, 7) is 0. The molecular weight excluding hydrogens is 761 g/mol. The van der Waals surface area contributed by atoms with Gasteiger partial charge < -0.3 is 14.5 Å². The Balaban J connectivity index is 0.887. The van der Waals surface area contributed by atoms with E-state index in [4.69, 9.17) is 4.99 Å². The Morgan fingerprint density at radius 2 is 0.984 bits per heavy atom. The molecule has 0 bridgehead atoms. The molecule has 4 nitrogen and oxygen atoms in total. The van der Waals surface area contributed by atoms with Crippen LogP contribution in [0.25, 0.3) is 92.0 Å². The average Bonchev–Trinajstić information content (AvgIpc) is 3.99. The van der Waals surface area contributed by atoms with E-state index in [1.807, 2.05) is 11.3 Å². The first kappa shape index (κ1) is 34.2. The van der Waals surface area contributed by atoms with E-state index in [-0.39, 0.29) is 6.17 Å². The van der Waals surface area contributed by atoms with Crippen LogP contribution in [0.4, 0.5) is 0 Å². The molecule has 5 heteroatoms. The number of thiophene rings is 1. The molecule has 0 saturated carbocycles. The summed E-state index contributed by atoms with van der Waals surface area (Å²) in [5.74, 6) is 0. The molecule has 0 spiro atoms. The Morgan fingerprint density at radius 3 is 1.69 bits per heavy atom. The van der Waals surface area contributed by atoms with Crippen molar-refractivity contribution in [3.8, 4) is 22.5 Å². The van der Waals surface area contributed by atoms with E-state index in [0.29, 0.717) is 0 Å². The maximum absolute atomic E-state index is 5.26. The second kappa shape index (κ2) is 13.4. The van der Waals surface area contributed by atoms with Crippen molar-refractivity contribution in [2.75, 3.05) is 0 Å². The minimum absolute atomic E-state index is 0.233. The van der Waals surface area contributed by atoms with Gasteiger partial charge in [0.05, 0.1) is 33.1 Å². The Labute approximate surface area is 355 Å². The Kier molecular flexibility index (Phi) is 7.50. The van der Waals surface area contributed by atoms with Crippen molar-refractivity contribution in [3.05, 3.63) is 228 Å². The summed E-state index contributed by atoms with van der Waals surface area (Å²) in [6, 6.07) is 74.9. The lowest BCUT2D eigenvalue weighted by Gasteiger charge is -2.23. The van der Waals surface area contributed by atoms with Crippen molar-refractivity contribution < 1.29 is 0 Å². The summed E-state index contributed by atoms with van der Waals surface area (Å²) in [4.78, 5) is 5.26. The smallest absolute Gasteiger partial charge is 0.145 e. The molecule has 13 rings (SSSR count). The van der Waals surface area contributed by atoms with E-state index in [9.17, 15) is 0 Å². The molecule has 4 heterocycles. The van der Waals surface area contributed by atoms with Gasteiger partial charge in [0.15, 0.2) is 0 Å². The summed E-state index contributed by atoms with van der Waals surface area (Å²) < 4.78 is 7.37. The molecule has 0 radical (unpaired) electrons. The van der Waals surface area contributed by atoms with Crippen LogP contribution in [0, 0.1) is 0 Å². The average molecular weight is 797 g/mol. The maximum Gasteiger partial charge on any atom is 0.145 e. The first-order valence-electron chi connectivity index (χ1n) is 20.8. The molecule has 0 amide bonds. The second-order valence-electron chi connectivity index (χ2n) is 15.9. The van der Waals surface area contributed by atoms with Gasteiger partial charge in [0.25, 0.3) is 0 Å². The van der Waals surface area contributed by atoms with Gasteiger partial charge in [0, 0.05) is 63.9 Å². The van der Waals surface area contributed by atoms with E-state index in [1.165, 1.54) is 86.2 Å². The molecule has 286 valence electrons. The van der Waals surface area contributed by atoms with Crippen molar-refractivity contribution in [2.24, 2.45) is 4.99 Å². The minimum Gasteiger partial charge on any atom is -0.359 e. The predicted molar refractivity (Wildman–Crippen MR) is 255 cm³/mol. The number of fused-ring (bicyclic) bond motifs is 10. The fraction of sp³-hybridized carbons (Fsp3) is 0.0179. The molecule has 0 saturated heterocycles. The Bertz CT molecular complexity index is 3850. The van der Waals surface area contributed by atoms with Gasteiger partial charge in [-0.3, -0.25) is 4.99 Å². The largest absolute Gasteiger partial charge is 0.359 e. The first-order valence-corrected chi connectivity index (χ1v) is 21.6. The van der Waals surface area contributed by atoms with Gasteiger partial charge in [-0.1, -0.05) is 133 Å². The monoisotopic (exact) mass is 796 g/mol. The predicted octanol–water partition coefficient (Wildman–Crippen LogP) is 13.0. The third-order valence-corrected chi connectivity index (χ3v) is 13.8. The molecule has 1 N–H and O–H groups in total. The van der Waals surface area contributed by atoms with E-state index in [2.05, 4.69) is 221 Å². The minimum atomic E-state index is -0.233. The van der Waals surface area contributed by atoms with Gasteiger partial charge in [-0.15, -0.1) is 11.3 Å². The van der Waals surface area contributed by atoms with Crippen LogP contribution in [0.5, 0.6) is 0 Å². The molecule has 61 heavy (non-hydrogen) atoms. The van der Waals surface area contributed by atoms with Crippen LogP contribution in [0.3, 0.4) is 0 Å². The summed E-state index contributed by atoms with van der Waals surface area (Å²) in [5, 5.41) is 13.6. The SMILES string of the molecule is c1ccc(-n2c3ccccc3c3cc(-c4ccc5c(c4)c4ccccc4n5-c4ccc(C5N=c6ccccc6=C(c6cccc7c6sc6ccccc67)N5)cc4)ccc32)cc1. The van der Waals surface area contributed by atoms with Gasteiger partial charge in [0.1, 0.15) is 6.17 Å². The van der Waals surface area contributed by atoms with Gasteiger partial charge >= 0.3 is 0 Å². The van der Waals surface area contributed by atoms with Gasteiger partial charge in [-0.2, -0.15) is 0 Å². The normalized spacial score (nSPS) is 14.0. The van der Waals surface area contributed by atoms with Crippen LogP contribution in [-0.2, 0) is 0 Å². The first-order chi connectivity index (χ1) is 30.2. The quantitative estimate of drug-likeness (QED) is 0.185. The van der Waals surface area contributed by atoms with Crippen molar-refractivity contribution in [1.29, 1.82) is 0 Å². The second-order valence-corrected chi connectivity index (χ2v) is 17.0. The fourth-order valence-electron chi connectivity index (χ4n) is 9.75. The molecule has 12 aromatic rings. The van der Waals surface area contributed by atoms with Crippen LogP contribution >= 0.6 is 11.3 Å². The fourth-order valence-corrected chi connectivity index (χ4v) is 11.0. The third-order valence-electron chi connectivity index (χ3n) is 12.6. The lowest BCUT2D eigenvalue weighted by atomic mass is 10.0. The molecule has 1 aliphatic heterocycles. The van der Waals surface area contributed by atoms with Crippen LogP contribution in [0.1, 0.15) is 17.3 Å². The van der Waals surface area contributed by atoms with Crippen LogP contribution in [-0.4, -0.2) is 9.13 Å². The highest BCUT2D eigenvalue weighted by atomic mass is 32.1. The molecular formula is C56H36N4S. The number of hydrogen-bond acceptors (Lipinski definition) is 3. The van der Waals surface area contributed by atoms with Gasteiger partial charge in [-0.05, 0) is 89.5 Å². The molecule has 9 aromatic carbocycles. The van der Waals surface area contributed by atoms with E-state index in [0.717, 1.165) is 27.5 Å². The van der Waals surface area contributed by atoms with E-state index < -0.39 is 0 Å². The molecule has 3 aromatic heterocycles. The summed E-state index contributed by atoms with van der Waals surface area (Å²) >= 11 is 1.86. The van der Waals surface area contributed by atoms with Crippen LogP contribution in [0.15, 0.2) is 211 Å². The number of nitrogens with one attached hydrogen (secondary N) is 1. The standard InChI is InChI=1S/C56H36N4S/c1-2-13-38(14-3-1)59-49-22-9-5-15-40(49)46-33-36(27-31-51(46)59)37-28-32-52-47(34-37)41-16-6-10-23-50(41)60(52)39-29-25-35(26-30-39)56-57-48-21-8-4-18-44(48)54(58-56)45-20-12-19-43-42-17-7-11-24-53(42)61-55(43)45/h1-34,56,58H. The number of hydrogen-bond donors (Lipinski definition) is 1. The van der Waals surface area contributed by atoms with Crippen molar-refractivity contribution >= 4 is 80.8 Å². The topological polar surface area (TPSA) is 34.2 Å². The number of nitrogens with zero attached hydrogens (tertiary/aromatic N) is 3. The summed E-state index contributed by atoms with van der Waals surface area (Å²) in [5.41, 5.74) is 12.9. The van der Waals surface area contributed by atoms with Crippen molar-refractivity contribution in [2.45, 2.75) is 6.17 Å². The molecule has 1 atom stereocenters. The third kappa shape index (κ3) is 5.27.